The van der Waals surface area contributed by atoms with Crippen molar-refractivity contribution >= 4 is 39.1 Å². The highest BCUT2D eigenvalue weighted by atomic mass is 35.5. The normalized spacial score (nSPS) is 18.1. The smallest absolute Gasteiger partial charge is 0.255 e. The van der Waals surface area contributed by atoms with Gasteiger partial charge >= 0.3 is 0 Å². The topological polar surface area (TPSA) is 89.0 Å². The second kappa shape index (κ2) is 9.63. The van der Waals surface area contributed by atoms with E-state index in [1.54, 1.807) is 11.0 Å². The summed E-state index contributed by atoms with van der Waals surface area (Å²) in [6.07, 6.45) is 3.98. The van der Waals surface area contributed by atoms with Crippen LogP contribution in [0.15, 0.2) is 24.4 Å². The van der Waals surface area contributed by atoms with Crippen molar-refractivity contribution in [1.82, 2.24) is 14.2 Å². The Labute approximate surface area is 220 Å². The molecule has 0 saturated carbocycles. The molecular weight excluding hydrogens is 532 g/mol. The average molecular weight is 560 g/mol. The van der Waals surface area contributed by atoms with Crippen LogP contribution < -0.4 is 9.47 Å². The zero-order valence-electron chi connectivity index (χ0n) is 20.5. The summed E-state index contributed by atoms with van der Waals surface area (Å²) in [6, 6.07) is 4.52. The quantitative estimate of drug-likeness (QED) is 0.500. The number of benzene rings is 1. The molecule has 2 aliphatic rings. The van der Waals surface area contributed by atoms with Crippen LogP contribution in [0.1, 0.15) is 42.6 Å². The standard InChI is InChI=1S/C24H28Cl2FN3O5S/c1-23(2,27)17-11-15(12-28-21(17)34-3)35-20-18(25)6-5-16(19(20)26)22(31)29-9-7-24(8-10-29)13-30(14-24)36(4,32)33/h5-6,11-12H,7-10,13-14H2,1-4H3. The van der Waals surface area contributed by atoms with E-state index in [9.17, 15) is 17.6 Å². The summed E-state index contributed by atoms with van der Waals surface area (Å²) in [4.78, 5) is 19.1. The Bertz CT molecular complexity index is 1280. The van der Waals surface area contributed by atoms with Gasteiger partial charge in [0.1, 0.15) is 11.4 Å². The molecule has 196 valence electrons. The number of ether oxygens (including phenoxy) is 2. The van der Waals surface area contributed by atoms with Crippen molar-refractivity contribution in [3.8, 4) is 17.4 Å². The van der Waals surface area contributed by atoms with Gasteiger partial charge in [-0.05, 0) is 44.9 Å². The van der Waals surface area contributed by atoms with Crippen LogP contribution in [0.2, 0.25) is 10.0 Å². The lowest BCUT2D eigenvalue weighted by atomic mass is 9.73. The highest BCUT2D eigenvalue weighted by molar-refractivity contribution is 7.88. The maximum absolute atomic E-state index is 14.7. The lowest BCUT2D eigenvalue weighted by molar-refractivity contribution is 0.00332. The van der Waals surface area contributed by atoms with E-state index in [0.29, 0.717) is 39.0 Å². The first-order chi connectivity index (χ1) is 16.7. The van der Waals surface area contributed by atoms with Gasteiger partial charge in [0.25, 0.3) is 5.91 Å². The number of aromatic nitrogens is 1. The Hall–Kier alpha value is -2.14. The molecule has 1 amide bonds. The highest BCUT2D eigenvalue weighted by Gasteiger charge is 2.48. The third-order valence-electron chi connectivity index (χ3n) is 6.76. The summed E-state index contributed by atoms with van der Waals surface area (Å²) in [5.41, 5.74) is -1.41. The number of hydrogen-bond donors (Lipinski definition) is 0. The third-order valence-corrected chi connectivity index (χ3v) is 8.63. The fourth-order valence-corrected chi connectivity index (χ4v) is 6.14. The fraction of sp³-hybridized carbons (Fsp3) is 0.500. The molecule has 4 rings (SSSR count). The minimum atomic E-state index is -3.19. The number of halogens is 3. The van der Waals surface area contributed by atoms with Gasteiger partial charge in [0.15, 0.2) is 5.75 Å². The molecule has 8 nitrogen and oxygen atoms in total. The van der Waals surface area contributed by atoms with Crippen molar-refractivity contribution < 1.29 is 27.1 Å². The summed E-state index contributed by atoms with van der Waals surface area (Å²) < 4.78 is 50.6. The number of sulfonamides is 1. The number of methoxy groups -OCH3 is 1. The Morgan fingerprint density at radius 3 is 2.39 bits per heavy atom. The number of nitrogens with zero attached hydrogens (tertiary/aromatic N) is 3. The molecule has 2 fully saturated rings. The molecule has 0 radical (unpaired) electrons. The number of carbonyl (C=O) groups is 1. The van der Waals surface area contributed by atoms with Gasteiger partial charge in [0.05, 0.1) is 40.7 Å². The van der Waals surface area contributed by atoms with Gasteiger partial charge < -0.3 is 14.4 Å². The summed E-state index contributed by atoms with van der Waals surface area (Å²) in [5.74, 6) is 0.111. The minimum Gasteiger partial charge on any atom is -0.481 e. The zero-order chi connectivity index (χ0) is 26.5. The minimum absolute atomic E-state index is 0.0385. The van der Waals surface area contributed by atoms with Crippen molar-refractivity contribution in [3.05, 3.63) is 45.6 Å². The summed E-state index contributed by atoms with van der Waals surface area (Å²) >= 11 is 12.9. The molecule has 2 saturated heterocycles. The molecular formula is C24H28Cl2FN3O5S. The number of pyridine rings is 1. The Balaban J connectivity index is 1.51. The van der Waals surface area contributed by atoms with E-state index < -0.39 is 15.7 Å². The number of amides is 1. The Morgan fingerprint density at radius 1 is 1.19 bits per heavy atom. The number of rotatable bonds is 6. The van der Waals surface area contributed by atoms with Gasteiger partial charge in [-0.1, -0.05) is 23.2 Å². The van der Waals surface area contributed by atoms with E-state index in [2.05, 4.69) is 4.98 Å². The molecule has 1 aromatic carbocycles. The molecule has 0 N–H and O–H groups in total. The van der Waals surface area contributed by atoms with E-state index in [1.807, 2.05) is 0 Å². The zero-order valence-corrected chi connectivity index (χ0v) is 22.8. The van der Waals surface area contributed by atoms with Crippen molar-refractivity contribution in [3.63, 3.8) is 0 Å². The molecule has 0 bridgehead atoms. The largest absolute Gasteiger partial charge is 0.481 e. The second-order valence-corrected chi connectivity index (χ2v) is 12.6. The Morgan fingerprint density at radius 2 is 1.83 bits per heavy atom. The number of likely N-dealkylation sites (tertiary alicyclic amines) is 1. The molecule has 0 aliphatic carbocycles. The van der Waals surface area contributed by atoms with Crippen LogP contribution in [0.25, 0.3) is 0 Å². The molecule has 36 heavy (non-hydrogen) atoms. The molecule has 0 atom stereocenters. The first-order valence-electron chi connectivity index (χ1n) is 11.4. The molecule has 0 unspecified atom stereocenters. The van der Waals surface area contributed by atoms with Crippen molar-refractivity contribution in [2.24, 2.45) is 5.41 Å². The molecule has 2 aliphatic heterocycles. The Kier molecular flexibility index (Phi) is 7.20. The van der Waals surface area contributed by atoms with E-state index >= 15 is 0 Å². The van der Waals surface area contributed by atoms with Crippen LogP contribution in [0.4, 0.5) is 4.39 Å². The average Bonchev–Trinajstić information content (AvgIpc) is 2.78. The number of alkyl halides is 1. The van der Waals surface area contributed by atoms with E-state index in [1.165, 1.54) is 49.8 Å². The van der Waals surface area contributed by atoms with Crippen LogP contribution >= 0.6 is 23.2 Å². The van der Waals surface area contributed by atoms with Crippen LogP contribution in [-0.4, -0.2) is 68.1 Å². The lowest BCUT2D eigenvalue weighted by Crippen LogP contribution is -2.61. The van der Waals surface area contributed by atoms with Crippen LogP contribution in [-0.2, 0) is 15.7 Å². The van der Waals surface area contributed by atoms with Crippen molar-refractivity contribution in [2.45, 2.75) is 32.4 Å². The number of hydrogen-bond acceptors (Lipinski definition) is 6. The summed E-state index contributed by atoms with van der Waals surface area (Å²) in [5, 5.41) is 0.220. The molecule has 1 aromatic heterocycles. The highest BCUT2D eigenvalue weighted by Crippen LogP contribution is 2.44. The lowest BCUT2D eigenvalue weighted by Gasteiger charge is -2.52. The van der Waals surface area contributed by atoms with E-state index in [0.717, 1.165) is 0 Å². The van der Waals surface area contributed by atoms with Gasteiger partial charge in [-0.3, -0.25) is 4.79 Å². The first-order valence-corrected chi connectivity index (χ1v) is 14.0. The second-order valence-electron chi connectivity index (χ2n) is 9.86. The van der Waals surface area contributed by atoms with E-state index in [-0.39, 0.29) is 49.9 Å². The molecule has 3 heterocycles. The predicted molar refractivity (Wildman–Crippen MR) is 135 cm³/mol. The first kappa shape index (κ1) is 26.9. The van der Waals surface area contributed by atoms with E-state index in [4.69, 9.17) is 32.7 Å². The van der Waals surface area contributed by atoms with Crippen LogP contribution in [0, 0.1) is 5.41 Å². The third kappa shape index (κ3) is 5.27. The van der Waals surface area contributed by atoms with Crippen LogP contribution in [0.5, 0.6) is 17.4 Å². The SMILES string of the molecule is COc1ncc(Oc2c(Cl)ccc(C(=O)N3CCC4(CC3)CN(S(C)(=O)=O)C4)c2Cl)cc1C(C)(C)F. The maximum Gasteiger partial charge on any atom is 0.255 e. The van der Waals surface area contributed by atoms with Crippen molar-refractivity contribution in [2.75, 3.05) is 39.5 Å². The predicted octanol–water partition coefficient (Wildman–Crippen LogP) is 4.89. The molecule has 1 spiro atoms. The monoisotopic (exact) mass is 559 g/mol. The fourth-order valence-electron chi connectivity index (χ4n) is 4.59. The van der Waals surface area contributed by atoms with Crippen molar-refractivity contribution in [1.29, 1.82) is 0 Å². The summed E-state index contributed by atoms with van der Waals surface area (Å²) in [7, 11) is -1.79. The molecule has 2 aromatic rings. The van der Waals surface area contributed by atoms with Gasteiger partial charge in [0, 0.05) is 31.6 Å². The van der Waals surface area contributed by atoms with Gasteiger partial charge in [-0.25, -0.2) is 22.1 Å². The maximum atomic E-state index is 14.7. The van der Waals surface area contributed by atoms with Gasteiger partial charge in [0.2, 0.25) is 15.9 Å². The van der Waals surface area contributed by atoms with Gasteiger partial charge in [-0.2, -0.15) is 0 Å². The number of piperidine rings is 1. The number of carbonyl (C=O) groups excluding carboxylic acids is 1. The van der Waals surface area contributed by atoms with Crippen LogP contribution in [0.3, 0.4) is 0 Å². The summed E-state index contributed by atoms with van der Waals surface area (Å²) in [6.45, 7) is 4.70. The van der Waals surface area contributed by atoms with Gasteiger partial charge in [-0.15, -0.1) is 0 Å². The molecule has 12 heteroatoms.